The molecule has 0 radical (unpaired) electrons. The maximum Gasteiger partial charge on any atom is 0.122 e. The summed E-state index contributed by atoms with van der Waals surface area (Å²) in [4.78, 5) is 0. The van der Waals surface area contributed by atoms with Crippen molar-refractivity contribution in [3.05, 3.63) is 23.3 Å². The highest BCUT2D eigenvalue weighted by atomic mass is 16.3. The van der Waals surface area contributed by atoms with E-state index in [1.165, 1.54) is 12.8 Å². The summed E-state index contributed by atoms with van der Waals surface area (Å²) in [6.07, 6.45) is 6.08. The number of phenolic OH excluding ortho intramolecular Hbond substituents is 2. The van der Waals surface area contributed by atoms with Gasteiger partial charge in [-0.15, -0.1) is 0 Å². The first-order valence-corrected chi connectivity index (χ1v) is 6.22. The Morgan fingerprint density at radius 1 is 0.875 bits per heavy atom. The monoisotopic (exact) mass is 222 g/mol. The number of rotatable bonds is 6. The number of phenols is 2. The summed E-state index contributed by atoms with van der Waals surface area (Å²) >= 11 is 0. The Kier molecular flexibility index (Phi) is 5.17. The molecule has 2 nitrogen and oxygen atoms in total. The van der Waals surface area contributed by atoms with Crippen molar-refractivity contribution in [3.63, 3.8) is 0 Å². The predicted octanol–water partition coefficient (Wildman–Crippen LogP) is 3.78. The van der Waals surface area contributed by atoms with Crippen molar-refractivity contribution in [2.45, 2.75) is 52.4 Å². The number of aryl methyl sites for hydroxylation is 1. The van der Waals surface area contributed by atoms with E-state index in [1.54, 1.807) is 12.1 Å². The fourth-order valence-electron chi connectivity index (χ4n) is 1.93. The molecule has 2 heteroatoms. The molecule has 0 heterocycles. The van der Waals surface area contributed by atoms with Crippen LogP contribution in [0.1, 0.15) is 50.7 Å². The van der Waals surface area contributed by atoms with Crippen LogP contribution in [0.4, 0.5) is 0 Å². The first kappa shape index (κ1) is 12.9. The van der Waals surface area contributed by atoms with Gasteiger partial charge in [-0.1, -0.05) is 33.1 Å². The molecule has 90 valence electrons. The Bertz CT molecular complexity index is 309. The molecule has 0 aliphatic rings. The summed E-state index contributed by atoms with van der Waals surface area (Å²) in [6, 6.07) is 3.58. The van der Waals surface area contributed by atoms with Crippen LogP contribution < -0.4 is 0 Å². The lowest BCUT2D eigenvalue weighted by Gasteiger charge is -2.09. The van der Waals surface area contributed by atoms with Gasteiger partial charge < -0.3 is 10.2 Å². The number of aromatic hydroxyl groups is 2. The molecule has 1 rings (SSSR count). The molecule has 2 N–H and O–H groups in total. The SMILES string of the molecule is CCCCCc1cc(O)c(CCC)c(O)c1. The summed E-state index contributed by atoms with van der Waals surface area (Å²) in [6.45, 7) is 4.20. The molecule has 0 aromatic heterocycles. The first-order valence-electron chi connectivity index (χ1n) is 6.22. The summed E-state index contributed by atoms with van der Waals surface area (Å²) in [5, 5.41) is 19.6. The minimum absolute atomic E-state index is 0.244. The van der Waals surface area contributed by atoms with Crippen LogP contribution in [-0.2, 0) is 12.8 Å². The van der Waals surface area contributed by atoms with Gasteiger partial charge >= 0.3 is 0 Å². The van der Waals surface area contributed by atoms with Crippen LogP contribution in [0.15, 0.2) is 12.1 Å². The van der Waals surface area contributed by atoms with Crippen LogP contribution >= 0.6 is 0 Å². The molecule has 0 unspecified atom stereocenters. The van der Waals surface area contributed by atoms with Gasteiger partial charge in [-0.2, -0.15) is 0 Å². The quantitative estimate of drug-likeness (QED) is 0.719. The lowest BCUT2D eigenvalue weighted by molar-refractivity contribution is 0.436. The average Bonchev–Trinajstić information content (AvgIpc) is 2.24. The van der Waals surface area contributed by atoms with Gasteiger partial charge in [0, 0.05) is 5.56 Å². The van der Waals surface area contributed by atoms with Gasteiger partial charge in [0.1, 0.15) is 11.5 Å². The van der Waals surface area contributed by atoms with Crippen LogP contribution in [-0.4, -0.2) is 10.2 Å². The van der Waals surface area contributed by atoms with Crippen molar-refractivity contribution >= 4 is 0 Å². The maximum absolute atomic E-state index is 9.80. The van der Waals surface area contributed by atoms with Crippen molar-refractivity contribution < 1.29 is 10.2 Å². The van der Waals surface area contributed by atoms with Crippen molar-refractivity contribution in [3.8, 4) is 11.5 Å². The highest BCUT2D eigenvalue weighted by molar-refractivity contribution is 5.46. The number of benzene rings is 1. The predicted molar refractivity (Wildman–Crippen MR) is 67.0 cm³/mol. The molecular weight excluding hydrogens is 200 g/mol. The zero-order chi connectivity index (χ0) is 12.0. The first-order chi connectivity index (χ1) is 7.69. The third-order valence-corrected chi connectivity index (χ3v) is 2.83. The normalized spacial score (nSPS) is 10.6. The van der Waals surface area contributed by atoms with Crippen molar-refractivity contribution in [1.29, 1.82) is 0 Å². The zero-order valence-electron chi connectivity index (χ0n) is 10.3. The number of hydrogen-bond donors (Lipinski definition) is 2. The van der Waals surface area contributed by atoms with Gasteiger partial charge in [0.25, 0.3) is 0 Å². The molecule has 1 aromatic rings. The highest BCUT2D eigenvalue weighted by Crippen LogP contribution is 2.30. The Morgan fingerprint density at radius 3 is 2.00 bits per heavy atom. The van der Waals surface area contributed by atoms with Crippen LogP contribution in [0.25, 0.3) is 0 Å². The molecule has 0 fully saturated rings. The standard InChI is InChI=1S/C14H22O2/c1-3-5-6-8-11-9-13(15)12(7-4-2)14(16)10-11/h9-10,15-16H,3-8H2,1-2H3. The fourth-order valence-corrected chi connectivity index (χ4v) is 1.93. The van der Waals surface area contributed by atoms with Crippen molar-refractivity contribution in [2.24, 2.45) is 0 Å². The lowest BCUT2D eigenvalue weighted by atomic mass is 10.0. The Hall–Kier alpha value is -1.18. The molecule has 0 amide bonds. The molecule has 0 aliphatic heterocycles. The van der Waals surface area contributed by atoms with Crippen LogP contribution in [0.2, 0.25) is 0 Å². The Labute approximate surface area is 97.9 Å². The summed E-state index contributed by atoms with van der Waals surface area (Å²) in [7, 11) is 0. The zero-order valence-corrected chi connectivity index (χ0v) is 10.3. The third-order valence-electron chi connectivity index (χ3n) is 2.83. The Morgan fingerprint density at radius 2 is 1.50 bits per heavy atom. The van der Waals surface area contributed by atoms with E-state index >= 15 is 0 Å². The van der Waals surface area contributed by atoms with Gasteiger partial charge in [0.15, 0.2) is 0 Å². The fraction of sp³-hybridized carbons (Fsp3) is 0.571. The average molecular weight is 222 g/mol. The van der Waals surface area contributed by atoms with Crippen molar-refractivity contribution in [1.82, 2.24) is 0 Å². The van der Waals surface area contributed by atoms with Gasteiger partial charge in [0.05, 0.1) is 0 Å². The van der Waals surface area contributed by atoms with E-state index in [1.807, 2.05) is 6.92 Å². The van der Waals surface area contributed by atoms with E-state index in [4.69, 9.17) is 0 Å². The van der Waals surface area contributed by atoms with Gasteiger partial charge in [-0.3, -0.25) is 0 Å². The third kappa shape index (κ3) is 3.44. The molecule has 0 atom stereocenters. The maximum atomic E-state index is 9.80. The second-order valence-corrected chi connectivity index (χ2v) is 4.32. The smallest absolute Gasteiger partial charge is 0.122 e. The van der Waals surface area contributed by atoms with Crippen LogP contribution in [0, 0.1) is 0 Å². The molecule has 0 saturated heterocycles. The molecule has 0 aliphatic carbocycles. The second-order valence-electron chi connectivity index (χ2n) is 4.32. The Balaban J connectivity index is 2.75. The molecule has 0 spiro atoms. The van der Waals surface area contributed by atoms with Gasteiger partial charge in [0.2, 0.25) is 0 Å². The van der Waals surface area contributed by atoms with E-state index < -0.39 is 0 Å². The largest absolute Gasteiger partial charge is 0.508 e. The van der Waals surface area contributed by atoms with E-state index in [0.717, 1.165) is 31.2 Å². The number of hydrogen-bond acceptors (Lipinski definition) is 2. The van der Waals surface area contributed by atoms with Crippen LogP contribution in [0.5, 0.6) is 11.5 Å². The highest BCUT2D eigenvalue weighted by Gasteiger charge is 2.08. The van der Waals surface area contributed by atoms with E-state index in [2.05, 4.69) is 6.92 Å². The minimum atomic E-state index is 0.244. The molecular formula is C14H22O2. The van der Waals surface area contributed by atoms with Crippen molar-refractivity contribution in [2.75, 3.05) is 0 Å². The van der Waals surface area contributed by atoms with E-state index in [0.29, 0.717) is 5.56 Å². The lowest BCUT2D eigenvalue weighted by Crippen LogP contribution is -1.91. The van der Waals surface area contributed by atoms with Crippen LogP contribution in [0.3, 0.4) is 0 Å². The second kappa shape index (κ2) is 6.41. The summed E-state index contributed by atoms with van der Waals surface area (Å²) < 4.78 is 0. The molecule has 1 aromatic carbocycles. The topological polar surface area (TPSA) is 40.5 Å². The molecule has 0 saturated carbocycles. The minimum Gasteiger partial charge on any atom is -0.508 e. The van der Waals surface area contributed by atoms with Gasteiger partial charge in [-0.25, -0.2) is 0 Å². The number of unbranched alkanes of at least 4 members (excludes halogenated alkanes) is 2. The van der Waals surface area contributed by atoms with Gasteiger partial charge in [-0.05, 0) is 37.0 Å². The summed E-state index contributed by atoms with van der Waals surface area (Å²) in [5.74, 6) is 0.488. The van der Waals surface area contributed by atoms with E-state index in [9.17, 15) is 10.2 Å². The van der Waals surface area contributed by atoms with E-state index in [-0.39, 0.29) is 11.5 Å². The summed E-state index contributed by atoms with van der Waals surface area (Å²) in [5.41, 5.74) is 1.71. The molecule has 16 heavy (non-hydrogen) atoms. The molecule has 0 bridgehead atoms.